The number of allylic oxidation sites excluding steroid dienone is 1. The molecule has 0 saturated heterocycles. The van der Waals surface area contributed by atoms with Gasteiger partial charge in [-0.15, -0.1) is 10.2 Å². The molecule has 11 heteroatoms. The third-order valence-electron chi connectivity index (χ3n) is 7.67. The Bertz CT molecular complexity index is 1700. The minimum atomic E-state index is -1.60. The molecule has 8 nitrogen and oxygen atoms in total. The summed E-state index contributed by atoms with van der Waals surface area (Å²) in [5.41, 5.74) is 7.96. The van der Waals surface area contributed by atoms with Crippen molar-refractivity contribution in [2.24, 2.45) is 11.1 Å². The Morgan fingerprint density at radius 2 is 1.85 bits per heavy atom. The van der Waals surface area contributed by atoms with Gasteiger partial charge in [0.2, 0.25) is 11.0 Å². The third-order valence-corrected chi connectivity index (χ3v) is 10.1. The van der Waals surface area contributed by atoms with Crippen molar-refractivity contribution >= 4 is 57.2 Å². The van der Waals surface area contributed by atoms with Crippen LogP contribution in [0.4, 0.5) is 10.8 Å². The van der Waals surface area contributed by atoms with Gasteiger partial charge in [0, 0.05) is 46.8 Å². The van der Waals surface area contributed by atoms with Crippen LogP contribution in [0, 0.1) is 16.7 Å². The van der Waals surface area contributed by atoms with Crippen LogP contribution in [0.3, 0.4) is 0 Å². The average molecular weight is 589 g/mol. The van der Waals surface area contributed by atoms with Gasteiger partial charge >= 0.3 is 0 Å². The second-order valence-electron chi connectivity index (χ2n) is 10.8. The number of nitrogens with zero attached hydrogens (tertiary/aromatic N) is 5. The van der Waals surface area contributed by atoms with Crippen molar-refractivity contribution in [3.8, 4) is 6.07 Å². The number of ketones is 1. The number of nitriles is 1. The van der Waals surface area contributed by atoms with E-state index in [2.05, 4.69) is 16.3 Å². The van der Waals surface area contributed by atoms with Crippen molar-refractivity contribution in [2.75, 3.05) is 16.8 Å². The van der Waals surface area contributed by atoms with E-state index in [-0.39, 0.29) is 34.9 Å². The fraction of sp³-hybridized carbons (Fsp3) is 0.276. The predicted octanol–water partition coefficient (Wildman–Crippen LogP) is 5.56. The number of benzene rings is 2. The van der Waals surface area contributed by atoms with Crippen LogP contribution >= 0.6 is 34.7 Å². The summed E-state index contributed by atoms with van der Waals surface area (Å²) in [4.78, 5) is 31.4. The van der Waals surface area contributed by atoms with Crippen molar-refractivity contribution in [1.29, 1.82) is 5.26 Å². The summed E-state index contributed by atoms with van der Waals surface area (Å²) in [6.45, 7) is 4.03. The highest BCUT2D eigenvalue weighted by atomic mass is 35.5. The first-order valence-corrected chi connectivity index (χ1v) is 14.8. The normalized spacial score (nSPS) is 21.7. The first kappa shape index (κ1) is 26.6. The molecule has 0 radical (unpaired) electrons. The summed E-state index contributed by atoms with van der Waals surface area (Å²) in [6, 6.07) is 17.1. The fourth-order valence-corrected chi connectivity index (χ4v) is 8.15. The highest BCUT2D eigenvalue weighted by Gasteiger charge is 2.62. The number of thioether (sulfide) groups is 1. The Hall–Kier alpha value is -3.65. The molecule has 3 heterocycles. The number of hydrogen-bond acceptors (Lipinski definition) is 9. The molecular formula is C29H25ClN6O2S2. The van der Waals surface area contributed by atoms with Crippen LogP contribution in [-0.2, 0) is 20.8 Å². The summed E-state index contributed by atoms with van der Waals surface area (Å²) in [6.07, 6.45) is 0.713. The molecule has 40 heavy (non-hydrogen) atoms. The van der Waals surface area contributed by atoms with Gasteiger partial charge < -0.3 is 10.6 Å². The number of halogens is 1. The number of nitrogens with two attached hydrogens (primary N) is 1. The molecular weight excluding hydrogens is 564 g/mol. The van der Waals surface area contributed by atoms with E-state index in [1.54, 1.807) is 11.9 Å². The quantitative estimate of drug-likeness (QED) is 0.394. The minimum Gasteiger partial charge on any atom is -0.384 e. The Labute approximate surface area is 245 Å². The highest BCUT2D eigenvalue weighted by molar-refractivity contribution is 8.00. The van der Waals surface area contributed by atoms with Gasteiger partial charge in [-0.2, -0.15) is 5.26 Å². The van der Waals surface area contributed by atoms with Crippen molar-refractivity contribution in [1.82, 2.24) is 10.2 Å². The van der Waals surface area contributed by atoms with Crippen LogP contribution in [0.15, 0.2) is 75.5 Å². The number of hydrogen-bond donors (Lipinski definition) is 1. The van der Waals surface area contributed by atoms with E-state index in [1.165, 1.54) is 28.0 Å². The molecule has 6 rings (SSSR count). The molecule has 1 amide bonds. The molecule has 3 aromatic rings. The Balaban J connectivity index is 1.52. The van der Waals surface area contributed by atoms with E-state index in [1.807, 2.05) is 62.4 Å². The van der Waals surface area contributed by atoms with E-state index >= 15 is 0 Å². The molecule has 0 unspecified atom stereocenters. The van der Waals surface area contributed by atoms with Gasteiger partial charge in [-0.25, -0.2) is 0 Å². The van der Waals surface area contributed by atoms with E-state index < -0.39 is 5.41 Å². The van der Waals surface area contributed by atoms with Crippen LogP contribution in [0.2, 0.25) is 5.02 Å². The molecule has 1 aromatic heterocycles. The summed E-state index contributed by atoms with van der Waals surface area (Å²) in [7, 11) is 1.66. The maximum atomic E-state index is 14.2. The van der Waals surface area contributed by atoms with Crippen LogP contribution in [-0.4, -0.2) is 28.9 Å². The van der Waals surface area contributed by atoms with Crippen molar-refractivity contribution in [3.63, 3.8) is 0 Å². The maximum Gasteiger partial charge on any atom is 0.247 e. The summed E-state index contributed by atoms with van der Waals surface area (Å²) < 4.78 is 0.687. The number of likely N-dealkylation sites (N-methyl/N-ethyl adjacent to an activating group) is 1. The lowest BCUT2D eigenvalue weighted by molar-refractivity contribution is -0.124. The third kappa shape index (κ3) is 3.79. The van der Waals surface area contributed by atoms with Gasteiger partial charge in [-0.05, 0) is 29.5 Å². The number of carbonyl (C=O) groups is 2. The highest BCUT2D eigenvalue weighted by Crippen LogP contribution is 2.58. The first-order valence-electron chi connectivity index (χ1n) is 12.6. The number of para-hydroxylation sites is 1. The molecule has 0 bridgehead atoms. The van der Waals surface area contributed by atoms with Gasteiger partial charge in [0.1, 0.15) is 17.3 Å². The number of Topliss-reactive ketones (excluding diaryl/α,β-unsaturated/α-hetero) is 1. The topological polar surface area (TPSA) is 116 Å². The molecule has 0 fully saturated rings. The second-order valence-corrected chi connectivity index (χ2v) is 13.4. The molecule has 202 valence electrons. The summed E-state index contributed by atoms with van der Waals surface area (Å²) in [5, 5.41) is 20.4. The lowest BCUT2D eigenvalue weighted by Gasteiger charge is -2.45. The number of rotatable bonds is 4. The number of carbonyl (C=O) groups excluding carboxylic acids is 2. The smallest absolute Gasteiger partial charge is 0.247 e. The average Bonchev–Trinajstić information content (AvgIpc) is 3.46. The summed E-state index contributed by atoms with van der Waals surface area (Å²) >= 11 is 9.13. The van der Waals surface area contributed by atoms with Crippen LogP contribution in [0.25, 0.3) is 0 Å². The number of amides is 1. The molecule has 2 aliphatic heterocycles. The van der Waals surface area contributed by atoms with Crippen molar-refractivity contribution in [3.05, 3.63) is 87.3 Å². The lowest BCUT2D eigenvalue weighted by Crippen LogP contribution is -2.53. The monoisotopic (exact) mass is 588 g/mol. The zero-order chi connectivity index (χ0) is 28.4. The first-order chi connectivity index (χ1) is 19.1. The summed E-state index contributed by atoms with van der Waals surface area (Å²) in [5.74, 6) is 0.155. The fourth-order valence-electron chi connectivity index (χ4n) is 5.99. The zero-order valence-corrected chi connectivity index (χ0v) is 24.5. The predicted molar refractivity (Wildman–Crippen MR) is 157 cm³/mol. The number of fused-ring (bicyclic) bond motifs is 3. The molecule has 0 saturated carbocycles. The molecule has 1 aliphatic carbocycles. The van der Waals surface area contributed by atoms with E-state index in [0.29, 0.717) is 49.2 Å². The Kier molecular flexibility index (Phi) is 6.29. The van der Waals surface area contributed by atoms with Crippen molar-refractivity contribution < 1.29 is 9.59 Å². The van der Waals surface area contributed by atoms with Crippen LogP contribution in [0.5, 0.6) is 0 Å². The lowest BCUT2D eigenvalue weighted by atomic mass is 9.61. The zero-order valence-electron chi connectivity index (χ0n) is 22.1. The Morgan fingerprint density at radius 3 is 2.60 bits per heavy atom. The van der Waals surface area contributed by atoms with E-state index in [0.717, 1.165) is 5.56 Å². The second kappa shape index (κ2) is 9.47. The van der Waals surface area contributed by atoms with Gasteiger partial charge in [-0.1, -0.05) is 84.9 Å². The largest absolute Gasteiger partial charge is 0.384 e. The van der Waals surface area contributed by atoms with Crippen molar-refractivity contribution in [2.45, 2.75) is 42.2 Å². The number of aromatic nitrogens is 2. The standard InChI is InChI=1S/C29H25ClN6O2S2/c1-28(2)12-21-23(22(37)13-28)29(17-9-5-7-11-20(17)35(3)25(29)38)18(14-31)24(32)36(21)26-33-34-27(40-26)39-15-16-8-4-6-10-19(16)30/h4-11H,12-13,15,32H2,1-3H3/t29-/m0/s1. The Morgan fingerprint density at radius 1 is 1.12 bits per heavy atom. The van der Waals surface area contributed by atoms with Gasteiger partial charge in [0.05, 0.1) is 5.57 Å². The molecule has 1 atom stereocenters. The molecule has 3 aliphatic rings. The van der Waals surface area contributed by atoms with E-state index in [9.17, 15) is 14.9 Å². The maximum absolute atomic E-state index is 14.2. The molecule has 2 aromatic carbocycles. The molecule has 2 N–H and O–H groups in total. The van der Waals surface area contributed by atoms with Crippen LogP contribution in [0.1, 0.15) is 37.8 Å². The number of anilines is 2. The van der Waals surface area contributed by atoms with E-state index in [4.69, 9.17) is 17.3 Å². The molecule has 1 spiro atoms. The SMILES string of the molecule is CN1C(=O)[C@]2(C(C#N)=C(N)N(c3nnc(SCc4ccccc4Cl)s3)C3=C2C(=O)CC(C)(C)C3)c2ccccc21. The minimum absolute atomic E-state index is 0.0292. The van der Waals surface area contributed by atoms with Gasteiger partial charge in [0.15, 0.2) is 10.1 Å². The van der Waals surface area contributed by atoms with Gasteiger partial charge in [0.25, 0.3) is 0 Å². The van der Waals surface area contributed by atoms with Crippen LogP contribution < -0.4 is 15.5 Å². The van der Waals surface area contributed by atoms with Gasteiger partial charge in [-0.3, -0.25) is 14.5 Å².